The lowest BCUT2D eigenvalue weighted by Gasteiger charge is -2.11. The molecule has 0 aliphatic heterocycles. The van der Waals surface area contributed by atoms with Crippen LogP contribution in [-0.2, 0) is 0 Å². The molecule has 2 aromatic heterocycles. The molecule has 5 rings (SSSR count). The molecule has 0 bridgehead atoms. The molecule has 0 aliphatic rings. The maximum absolute atomic E-state index is 5.98. The Morgan fingerprint density at radius 3 is 2.46 bits per heavy atom. The second-order valence-corrected chi connectivity index (χ2v) is 6.52. The number of anilines is 2. The average molecular weight is 367 g/mol. The predicted octanol–water partition coefficient (Wildman–Crippen LogP) is 6.22. The minimum Gasteiger partial charge on any atom is -0.457 e. The maximum Gasteiger partial charge on any atom is 0.300 e. The van der Waals surface area contributed by atoms with Crippen LogP contribution < -0.4 is 10.1 Å². The van der Waals surface area contributed by atoms with Gasteiger partial charge in [0.1, 0.15) is 17.0 Å². The predicted molar refractivity (Wildman–Crippen MR) is 110 cm³/mol. The number of para-hydroxylation sites is 3. The Morgan fingerprint density at radius 1 is 0.786 bits per heavy atom. The van der Waals surface area contributed by atoms with E-state index in [1.807, 2.05) is 85.8 Å². The Labute approximate surface area is 161 Å². The monoisotopic (exact) mass is 367 g/mol. The largest absolute Gasteiger partial charge is 0.457 e. The Kier molecular flexibility index (Phi) is 3.91. The zero-order valence-electron chi connectivity index (χ0n) is 15.2. The molecule has 5 nitrogen and oxygen atoms in total. The summed E-state index contributed by atoms with van der Waals surface area (Å²) in [5, 5.41) is 4.23. The number of hydrogen-bond donors (Lipinski definition) is 1. The molecule has 5 heteroatoms. The van der Waals surface area contributed by atoms with E-state index in [4.69, 9.17) is 9.15 Å². The fourth-order valence-corrected chi connectivity index (χ4v) is 3.17. The van der Waals surface area contributed by atoms with Crippen LogP contribution in [0, 0.1) is 6.92 Å². The number of benzene rings is 3. The fourth-order valence-electron chi connectivity index (χ4n) is 3.17. The zero-order valence-corrected chi connectivity index (χ0v) is 15.2. The summed E-state index contributed by atoms with van der Waals surface area (Å²) in [7, 11) is 0. The summed E-state index contributed by atoms with van der Waals surface area (Å²) in [4.78, 5) is 9.13. The second-order valence-electron chi connectivity index (χ2n) is 6.52. The van der Waals surface area contributed by atoms with Gasteiger partial charge in [-0.25, -0.2) is 0 Å². The van der Waals surface area contributed by atoms with E-state index in [-0.39, 0.29) is 0 Å². The van der Waals surface area contributed by atoms with E-state index in [1.165, 1.54) is 0 Å². The second kappa shape index (κ2) is 6.70. The van der Waals surface area contributed by atoms with E-state index in [0.29, 0.717) is 6.01 Å². The van der Waals surface area contributed by atoms with Gasteiger partial charge in [-0.2, -0.15) is 4.98 Å². The van der Waals surface area contributed by atoms with Gasteiger partial charge in [-0.15, -0.1) is 0 Å². The lowest BCUT2D eigenvalue weighted by molar-refractivity contribution is 0.483. The van der Waals surface area contributed by atoms with Crippen molar-refractivity contribution in [2.75, 3.05) is 5.32 Å². The van der Waals surface area contributed by atoms with E-state index >= 15 is 0 Å². The highest BCUT2D eigenvalue weighted by molar-refractivity contribution is 5.94. The molecule has 0 saturated heterocycles. The Morgan fingerprint density at radius 2 is 1.61 bits per heavy atom. The molecule has 3 aromatic carbocycles. The molecule has 0 saturated carbocycles. The molecule has 28 heavy (non-hydrogen) atoms. The molecule has 2 heterocycles. The van der Waals surface area contributed by atoms with Gasteiger partial charge in [0.15, 0.2) is 5.58 Å². The van der Waals surface area contributed by atoms with Gasteiger partial charge in [0.25, 0.3) is 6.01 Å². The quantitative estimate of drug-likeness (QED) is 0.408. The third-order valence-corrected chi connectivity index (χ3v) is 4.42. The SMILES string of the molecule is Cc1cc(Nc2nc3ccccc3o2)c2cc(Oc3ccccc3)ccc2n1. The maximum atomic E-state index is 5.98. The third kappa shape index (κ3) is 3.14. The topological polar surface area (TPSA) is 60.2 Å². The van der Waals surface area contributed by atoms with Crippen molar-refractivity contribution in [3.8, 4) is 11.5 Å². The first kappa shape index (κ1) is 16.3. The number of fused-ring (bicyclic) bond motifs is 2. The summed E-state index contributed by atoms with van der Waals surface area (Å²) >= 11 is 0. The number of oxazole rings is 1. The van der Waals surface area contributed by atoms with Crippen molar-refractivity contribution in [1.29, 1.82) is 0 Å². The number of nitrogens with one attached hydrogen (secondary N) is 1. The Hall–Kier alpha value is -3.86. The van der Waals surface area contributed by atoms with E-state index in [9.17, 15) is 0 Å². The molecule has 0 unspecified atom stereocenters. The summed E-state index contributed by atoms with van der Waals surface area (Å²) in [6.45, 7) is 1.96. The van der Waals surface area contributed by atoms with Crippen LogP contribution in [0.3, 0.4) is 0 Å². The Balaban J connectivity index is 1.55. The van der Waals surface area contributed by atoms with Gasteiger partial charge in [0.2, 0.25) is 0 Å². The van der Waals surface area contributed by atoms with Crippen molar-refractivity contribution in [2.45, 2.75) is 6.92 Å². The zero-order chi connectivity index (χ0) is 18.9. The Bertz CT molecular complexity index is 1250. The third-order valence-electron chi connectivity index (χ3n) is 4.42. The number of aromatic nitrogens is 2. The minimum atomic E-state index is 0.447. The van der Waals surface area contributed by atoms with Crippen LogP contribution in [0.1, 0.15) is 5.69 Å². The van der Waals surface area contributed by atoms with Crippen LogP contribution in [0.2, 0.25) is 0 Å². The molecule has 136 valence electrons. The summed E-state index contributed by atoms with van der Waals surface area (Å²) < 4.78 is 11.8. The van der Waals surface area contributed by atoms with Crippen molar-refractivity contribution < 1.29 is 9.15 Å². The molecule has 0 spiro atoms. The smallest absolute Gasteiger partial charge is 0.300 e. The van der Waals surface area contributed by atoms with Gasteiger partial charge in [-0.05, 0) is 55.5 Å². The fraction of sp³-hybridized carbons (Fsp3) is 0.0435. The normalized spacial score (nSPS) is 11.0. The van der Waals surface area contributed by atoms with Crippen molar-refractivity contribution >= 4 is 33.7 Å². The van der Waals surface area contributed by atoms with E-state index < -0.39 is 0 Å². The summed E-state index contributed by atoms with van der Waals surface area (Å²) in [6, 6.07) is 25.7. The van der Waals surface area contributed by atoms with Crippen molar-refractivity contribution in [2.24, 2.45) is 0 Å². The van der Waals surface area contributed by atoms with Crippen LogP contribution in [0.25, 0.3) is 22.0 Å². The molecular formula is C23H17N3O2. The van der Waals surface area contributed by atoms with Crippen LogP contribution in [0.4, 0.5) is 11.7 Å². The average Bonchev–Trinajstić information content (AvgIpc) is 3.11. The first-order valence-electron chi connectivity index (χ1n) is 9.01. The number of aryl methyl sites for hydroxylation is 1. The van der Waals surface area contributed by atoms with Gasteiger partial charge in [-0.1, -0.05) is 30.3 Å². The molecule has 0 fully saturated rings. The van der Waals surface area contributed by atoms with E-state index in [0.717, 1.165) is 44.9 Å². The molecular weight excluding hydrogens is 350 g/mol. The highest BCUT2D eigenvalue weighted by Crippen LogP contribution is 2.32. The number of hydrogen-bond acceptors (Lipinski definition) is 5. The summed E-state index contributed by atoms with van der Waals surface area (Å²) in [5.74, 6) is 1.53. The minimum absolute atomic E-state index is 0.447. The number of ether oxygens (including phenoxy) is 1. The molecule has 0 amide bonds. The van der Waals surface area contributed by atoms with Gasteiger partial charge in [0.05, 0.1) is 11.2 Å². The van der Waals surface area contributed by atoms with Gasteiger partial charge >= 0.3 is 0 Å². The summed E-state index contributed by atoms with van der Waals surface area (Å²) in [6.07, 6.45) is 0. The molecule has 1 N–H and O–H groups in total. The van der Waals surface area contributed by atoms with E-state index in [2.05, 4.69) is 15.3 Å². The van der Waals surface area contributed by atoms with Gasteiger partial charge in [0, 0.05) is 11.1 Å². The molecule has 0 atom stereocenters. The highest BCUT2D eigenvalue weighted by Gasteiger charge is 2.10. The van der Waals surface area contributed by atoms with Crippen LogP contribution in [0.15, 0.2) is 83.3 Å². The van der Waals surface area contributed by atoms with Crippen LogP contribution in [0.5, 0.6) is 11.5 Å². The summed E-state index contributed by atoms with van der Waals surface area (Å²) in [5.41, 5.74) is 4.20. The number of pyridine rings is 1. The van der Waals surface area contributed by atoms with Crippen molar-refractivity contribution in [1.82, 2.24) is 9.97 Å². The lowest BCUT2D eigenvalue weighted by Crippen LogP contribution is -1.95. The first-order valence-corrected chi connectivity index (χ1v) is 9.01. The van der Waals surface area contributed by atoms with Crippen molar-refractivity contribution in [3.05, 3.63) is 84.6 Å². The van der Waals surface area contributed by atoms with E-state index in [1.54, 1.807) is 0 Å². The highest BCUT2D eigenvalue weighted by atomic mass is 16.5. The molecule has 0 radical (unpaired) electrons. The van der Waals surface area contributed by atoms with Crippen LogP contribution in [-0.4, -0.2) is 9.97 Å². The lowest BCUT2D eigenvalue weighted by atomic mass is 10.1. The van der Waals surface area contributed by atoms with Gasteiger partial charge in [-0.3, -0.25) is 4.98 Å². The van der Waals surface area contributed by atoms with Crippen LogP contribution >= 0.6 is 0 Å². The van der Waals surface area contributed by atoms with Crippen molar-refractivity contribution in [3.63, 3.8) is 0 Å². The van der Waals surface area contributed by atoms with Gasteiger partial charge < -0.3 is 14.5 Å². The number of nitrogens with zero attached hydrogens (tertiary/aromatic N) is 2. The first-order chi connectivity index (χ1) is 13.7. The molecule has 0 aliphatic carbocycles. The standard InChI is InChI=1S/C23H17N3O2/c1-15-13-21(26-23-25-20-9-5-6-10-22(20)28-23)18-14-17(11-12-19(18)24-15)27-16-7-3-2-4-8-16/h2-14H,1H3,(H,24,25,26). The number of rotatable bonds is 4. The molecule has 5 aromatic rings.